The zero-order valence-electron chi connectivity index (χ0n) is 11.9. The molecule has 1 aliphatic heterocycles. The number of hydrogen-bond acceptors (Lipinski definition) is 5. The molecule has 21 heavy (non-hydrogen) atoms. The monoisotopic (exact) mass is 298 g/mol. The van der Waals surface area contributed by atoms with Crippen LogP contribution in [-0.4, -0.2) is 52.0 Å². The highest BCUT2D eigenvalue weighted by molar-refractivity contribution is 5.95. The van der Waals surface area contributed by atoms with Crippen molar-refractivity contribution in [1.29, 1.82) is 0 Å². The van der Waals surface area contributed by atoms with Crippen molar-refractivity contribution in [2.24, 2.45) is 0 Å². The Morgan fingerprint density at radius 1 is 1.52 bits per heavy atom. The maximum Gasteiger partial charge on any atom is 0.243 e. The molecule has 1 saturated heterocycles. The van der Waals surface area contributed by atoms with Gasteiger partial charge in [-0.1, -0.05) is 0 Å². The van der Waals surface area contributed by atoms with E-state index in [9.17, 15) is 9.18 Å². The molecule has 2 N–H and O–H groups in total. The first-order valence-corrected chi connectivity index (χ1v) is 6.74. The summed E-state index contributed by atoms with van der Waals surface area (Å²) in [4.78, 5) is 12.0. The van der Waals surface area contributed by atoms with Gasteiger partial charge < -0.3 is 24.8 Å². The molecule has 0 saturated carbocycles. The molecule has 116 valence electrons. The number of benzene rings is 1. The molecule has 1 aliphatic rings. The Balaban J connectivity index is 1.91. The first kappa shape index (κ1) is 15.7. The van der Waals surface area contributed by atoms with Gasteiger partial charge in [-0.05, 0) is 12.1 Å². The van der Waals surface area contributed by atoms with Crippen LogP contribution in [0.5, 0.6) is 5.75 Å². The molecule has 0 aliphatic carbocycles. The summed E-state index contributed by atoms with van der Waals surface area (Å²) < 4.78 is 29.1. The molecule has 1 atom stereocenters. The standard InChI is InChI=1S/C14H19FN2O4/c1-19-6-7-21-13-3-2-10(8-11(13)15)17-14(18)12-9-20-5-4-16-12/h2-3,8,12,16H,4-7,9H2,1H3,(H,17,18). The molecule has 0 bridgehead atoms. The van der Waals surface area contributed by atoms with Gasteiger partial charge in [-0.25, -0.2) is 4.39 Å². The fraction of sp³-hybridized carbons (Fsp3) is 0.500. The van der Waals surface area contributed by atoms with E-state index >= 15 is 0 Å². The van der Waals surface area contributed by atoms with Crippen molar-refractivity contribution in [3.8, 4) is 5.75 Å². The van der Waals surface area contributed by atoms with Gasteiger partial charge in [0, 0.05) is 25.4 Å². The summed E-state index contributed by atoms with van der Waals surface area (Å²) in [5.41, 5.74) is 0.379. The Morgan fingerprint density at radius 2 is 2.38 bits per heavy atom. The molecule has 1 heterocycles. The SMILES string of the molecule is COCCOc1ccc(NC(=O)C2COCCN2)cc1F. The Bertz CT molecular complexity index is 478. The smallest absolute Gasteiger partial charge is 0.243 e. The van der Waals surface area contributed by atoms with Crippen molar-refractivity contribution in [3.05, 3.63) is 24.0 Å². The van der Waals surface area contributed by atoms with Crippen LogP contribution in [0.15, 0.2) is 18.2 Å². The zero-order valence-corrected chi connectivity index (χ0v) is 11.9. The zero-order chi connectivity index (χ0) is 15.1. The Labute approximate surface area is 122 Å². The molecular weight excluding hydrogens is 279 g/mol. The van der Waals surface area contributed by atoms with E-state index in [1.54, 1.807) is 13.2 Å². The average Bonchev–Trinajstić information content (AvgIpc) is 2.50. The number of anilines is 1. The van der Waals surface area contributed by atoms with E-state index in [0.29, 0.717) is 32.1 Å². The van der Waals surface area contributed by atoms with Gasteiger partial charge >= 0.3 is 0 Å². The number of amides is 1. The molecule has 1 aromatic rings. The lowest BCUT2D eigenvalue weighted by Crippen LogP contribution is -2.48. The maximum absolute atomic E-state index is 13.8. The van der Waals surface area contributed by atoms with Crippen molar-refractivity contribution >= 4 is 11.6 Å². The van der Waals surface area contributed by atoms with Crippen LogP contribution in [0, 0.1) is 5.82 Å². The molecule has 1 fully saturated rings. The molecule has 0 spiro atoms. The first-order valence-electron chi connectivity index (χ1n) is 6.74. The molecular formula is C14H19FN2O4. The quantitative estimate of drug-likeness (QED) is 0.760. The maximum atomic E-state index is 13.8. The van der Waals surface area contributed by atoms with Crippen molar-refractivity contribution < 1.29 is 23.4 Å². The van der Waals surface area contributed by atoms with Crippen LogP contribution in [-0.2, 0) is 14.3 Å². The molecule has 1 amide bonds. The van der Waals surface area contributed by atoms with Gasteiger partial charge in [0.1, 0.15) is 12.6 Å². The summed E-state index contributed by atoms with van der Waals surface area (Å²) >= 11 is 0. The van der Waals surface area contributed by atoms with Crippen LogP contribution >= 0.6 is 0 Å². The van der Waals surface area contributed by atoms with Crippen LogP contribution in [0.25, 0.3) is 0 Å². The van der Waals surface area contributed by atoms with Gasteiger partial charge in [0.2, 0.25) is 5.91 Å². The molecule has 2 rings (SSSR count). The number of rotatable bonds is 6. The summed E-state index contributed by atoms with van der Waals surface area (Å²) in [5.74, 6) is -0.650. The molecule has 0 radical (unpaired) electrons. The molecule has 6 nitrogen and oxygen atoms in total. The topological polar surface area (TPSA) is 68.8 Å². The summed E-state index contributed by atoms with van der Waals surface area (Å²) in [6.07, 6.45) is 0. The second kappa shape index (κ2) is 7.92. The second-order valence-corrected chi connectivity index (χ2v) is 4.56. The number of ether oxygens (including phenoxy) is 3. The summed E-state index contributed by atoms with van der Waals surface area (Å²) in [7, 11) is 1.54. The van der Waals surface area contributed by atoms with E-state index in [0.717, 1.165) is 0 Å². The van der Waals surface area contributed by atoms with Gasteiger partial charge in [0.05, 0.1) is 19.8 Å². The van der Waals surface area contributed by atoms with Gasteiger partial charge in [0.15, 0.2) is 11.6 Å². The van der Waals surface area contributed by atoms with E-state index in [2.05, 4.69) is 10.6 Å². The number of hydrogen-bond donors (Lipinski definition) is 2. The minimum Gasteiger partial charge on any atom is -0.488 e. The van der Waals surface area contributed by atoms with E-state index in [-0.39, 0.29) is 18.3 Å². The van der Waals surface area contributed by atoms with Crippen LogP contribution in [0.4, 0.5) is 10.1 Å². The third-order valence-electron chi connectivity index (χ3n) is 2.98. The Hall–Kier alpha value is -1.70. The average molecular weight is 298 g/mol. The van der Waals surface area contributed by atoms with Gasteiger partial charge in [0.25, 0.3) is 0 Å². The van der Waals surface area contributed by atoms with Crippen LogP contribution in [0.1, 0.15) is 0 Å². The van der Waals surface area contributed by atoms with Crippen molar-refractivity contribution in [2.75, 3.05) is 45.4 Å². The fourth-order valence-electron chi connectivity index (χ4n) is 1.89. The highest BCUT2D eigenvalue weighted by atomic mass is 19.1. The molecule has 7 heteroatoms. The van der Waals surface area contributed by atoms with E-state index < -0.39 is 11.9 Å². The lowest BCUT2D eigenvalue weighted by Gasteiger charge is -2.22. The normalized spacial score (nSPS) is 18.3. The van der Waals surface area contributed by atoms with E-state index in [1.807, 2.05) is 0 Å². The van der Waals surface area contributed by atoms with Gasteiger partial charge in [-0.15, -0.1) is 0 Å². The van der Waals surface area contributed by atoms with Gasteiger partial charge in [-0.3, -0.25) is 4.79 Å². The van der Waals surface area contributed by atoms with Crippen molar-refractivity contribution in [1.82, 2.24) is 5.32 Å². The highest BCUT2D eigenvalue weighted by Gasteiger charge is 2.21. The largest absolute Gasteiger partial charge is 0.488 e. The number of carbonyl (C=O) groups is 1. The first-order chi connectivity index (χ1) is 10.2. The molecule has 0 aromatic heterocycles. The third kappa shape index (κ3) is 4.66. The summed E-state index contributed by atoms with van der Waals surface area (Å²) in [6, 6.07) is 3.88. The minimum atomic E-state index is -0.531. The van der Waals surface area contributed by atoms with Crippen molar-refractivity contribution in [2.45, 2.75) is 6.04 Å². The minimum absolute atomic E-state index is 0.129. The van der Waals surface area contributed by atoms with Crippen LogP contribution in [0.3, 0.4) is 0 Å². The fourth-order valence-corrected chi connectivity index (χ4v) is 1.89. The number of carbonyl (C=O) groups excluding carboxylic acids is 1. The third-order valence-corrected chi connectivity index (χ3v) is 2.98. The number of halogens is 1. The lowest BCUT2D eigenvalue weighted by atomic mass is 10.2. The van der Waals surface area contributed by atoms with Crippen LogP contribution in [0.2, 0.25) is 0 Å². The molecule has 1 aromatic carbocycles. The van der Waals surface area contributed by atoms with Crippen molar-refractivity contribution in [3.63, 3.8) is 0 Å². The summed E-state index contributed by atoms with van der Waals surface area (Å²) in [6.45, 7) is 2.17. The van der Waals surface area contributed by atoms with Crippen LogP contribution < -0.4 is 15.4 Å². The van der Waals surface area contributed by atoms with E-state index in [1.165, 1.54) is 12.1 Å². The second-order valence-electron chi connectivity index (χ2n) is 4.56. The predicted octanol–water partition coefficient (Wildman–Crippen LogP) is 0.778. The van der Waals surface area contributed by atoms with E-state index in [4.69, 9.17) is 14.2 Å². The van der Waals surface area contributed by atoms with Gasteiger partial charge in [-0.2, -0.15) is 0 Å². The number of morpholine rings is 1. The predicted molar refractivity (Wildman–Crippen MR) is 75.0 cm³/mol. The number of nitrogens with one attached hydrogen (secondary N) is 2. The summed E-state index contributed by atoms with van der Waals surface area (Å²) in [5, 5.41) is 5.68. The number of methoxy groups -OCH3 is 1. The Kier molecular flexibility index (Phi) is 5.91. The lowest BCUT2D eigenvalue weighted by molar-refractivity contribution is -0.120. The highest BCUT2D eigenvalue weighted by Crippen LogP contribution is 2.21. The Morgan fingerprint density at radius 3 is 3.05 bits per heavy atom. The molecule has 1 unspecified atom stereocenters.